The number of alkyl halides is 6. The molecule has 0 aliphatic carbocycles. The molecule has 1 aliphatic heterocycles. The summed E-state index contributed by atoms with van der Waals surface area (Å²) in [6.45, 7) is 2.52. The zero-order valence-corrected chi connectivity index (χ0v) is 16.2. The van der Waals surface area contributed by atoms with E-state index in [9.17, 15) is 26.3 Å². The van der Waals surface area contributed by atoms with Gasteiger partial charge in [-0.15, -0.1) is 10.2 Å². The van der Waals surface area contributed by atoms with Crippen molar-refractivity contribution in [2.24, 2.45) is 0 Å². The number of nitrogen functional groups attached to an aromatic ring is 1. The predicted octanol–water partition coefficient (Wildman–Crippen LogP) is 5.28. The zero-order valence-electron chi connectivity index (χ0n) is 16.2. The van der Waals surface area contributed by atoms with Crippen LogP contribution in [-0.4, -0.2) is 27.5 Å². The van der Waals surface area contributed by atoms with Gasteiger partial charge >= 0.3 is 12.4 Å². The first-order valence-electron chi connectivity index (χ1n) is 9.28. The minimum atomic E-state index is -4.80. The van der Waals surface area contributed by atoms with Crippen molar-refractivity contribution in [2.45, 2.75) is 69.8 Å². The Morgan fingerprint density at radius 2 is 1.80 bits per heavy atom. The number of rotatable bonds is 0. The summed E-state index contributed by atoms with van der Waals surface area (Å²) in [7, 11) is 0. The van der Waals surface area contributed by atoms with Crippen LogP contribution in [0, 0.1) is 0 Å². The lowest BCUT2D eigenvalue weighted by Crippen LogP contribution is -2.40. The molecular formula is C18H20F6N4O2. The van der Waals surface area contributed by atoms with Gasteiger partial charge in [0.05, 0.1) is 11.8 Å². The SMILES string of the molecule is C[C@@H]1CCCCCC(C)(C(F)(F)F)c2nnc(o2)-c2nc(c(C(F)(F)F)cc2N)O1. The number of fused-ring (bicyclic) bond motifs is 5. The molecule has 2 N–H and O–H groups in total. The van der Waals surface area contributed by atoms with Crippen molar-refractivity contribution in [1.82, 2.24) is 15.2 Å². The summed E-state index contributed by atoms with van der Waals surface area (Å²) in [4.78, 5) is 3.79. The summed E-state index contributed by atoms with van der Waals surface area (Å²) in [6.07, 6.45) is -8.96. The van der Waals surface area contributed by atoms with Gasteiger partial charge in [0.2, 0.25) is 11.8 Å². The molecule has 2 aromatic heterocycles. The van der Waals surface area contributed by atoms with Crippen LogP contribution < -0.4 is 10.5 Å². The van der Waals surface area contributed by atoms with Gasteiger partial charge in [-0.25, -0.2) is 4.98 Å². The Morgan fingerprint density at radius 1 is 1.10 bits per heavy atom. The third-order valence-corrected chi connectivity index (χ3v) is 5.15. The number of nitrogens with two attached hydrogens (primary N) is 1. The molecule has 0 saturated carbocycles. The van der Waals surface area contributed by atoms with Gasteiger partial charge in [0.1, 0.15) is 11.0 Å². The van der Waals surface area contributed by atoms with E-state index in [0.717, 1.165) is 6.92 Å². The molecule has 6 nitrogen and oxygen atoms in total. The molecule has 0 saturated heterocycles. The maximum Gasteiger partial charge on any atom is 0.421 e. The summed E-state index contributed by atoms with van der Waals surface area (Å²) in [6, 6.07) is 0.600. The molecule has 0 radical (unpaired) electrons. The molecule has 4 bridgehead atoms. The topological polar surface area (TPSA) is 87.1 Å². The first-order valence-corrected chi connectivity index (χ1v) is 9.28. The van der Waals surface area contributed by atoms with Crippen LogP contribution in [0.2, 0.25) is 0 Å². The highest BCUT2D eigenvalue weighted by Gasteiger charge is 2.55. The molecule has 166 valence electrons. The van der Waals surface area contributed by atoms with E-state index in [0.29, 0.717) is 25.3 Å². The smallest absolute Gasteiger partial charge is 0.421 e. The second kappa shape index (κ2) is 7.62. The van der Waals surface area contributed by atoms with Crippen LogP contribution in [0.15, 0.2) is 10.5 Å². The number of anilines is 1. The first-order chi connectivity index (χ1) is 13.8. The number of hydrogen-bond donors (Lipinski definition) is 1. The van der Waals surface area contributed by atoms with Crippen molar-refractivity contribution in [3.63, 3.8) is 0 Å². The highest BCUT2D eigenvalue weighted by Crippen LogP contribution is 2.45. The van der Waals surface area contributed by atoms with Crippen molar-refractivity contribution in [3.05, 3.63) is 17.5 Å². The van der Waals surface area contributed by atoms with Crippen molar-refractivity contribution in [3.8, 4) is 17.5 Å². The predicted molar refractivity (Wildman–Crippen MR) is 93.5 cm³/mol. The quantitative estimate of drug-likeness (QED) is 0.563. The normalized spacial score (nSPS) is 23.5. The Bertz CT molecular complexity index is 911. The molecule has 2 atom stereocenters. The number of nitrogens with zero attached hydrogens (tertiary/aromatic N) is 3. The van der Waals surface area contributed by atoms with Crippen LogP contribution in [0.3, 0.4) is 0 Å². The molecule has 1 aliphatic rings. The van der Waals surface area contributed by atoms with Gasteiger partial charge in [0.25, 0.3) is 5.89 Å². The molecule has 0 spiro atoms. The fraction of sp³-hybridized carbons (Fsp3) is 0.611. The largest absolute Gasteiger partial charge is 0.474 e. The highest BCUT2D eigenvalue weighted by atomic mass is 19.4. The Labute approximate surface area is 167 Å². The van der Waals surface area contributed by atoms with E-state index in [4.69, 9.17) is 14.9 Å². The molecule has 1 unspecified atom stereocenters. The van der Waals surface area contributed by atoms with Gasteiger partial charge in [-0.3, -0.25) is 0 Å². The fourth-order valence-electron chi connectivity index (χ4n) is 3.22. The van der Waals surface area contributed by atoms with Crippen LogP contribution in [0.1, 0.15) is 57.4 Å². The second-order valence-corrected chi connectivity index (χ2v) is 7.55. The summed E-state index contributed by atoms with van der Waals surface area (Å²) < 4.78 is 92.3. The van der Waals surface area contributed by atoms with Gasteiger partial charge in [0, 0.05) is 0 Å². The molecule has 0 amide bonds. The Hall–Kier alpha value is -2.53. The molecule has 30 heavy (non-hydrogen) atoms. The molecule has 12 heteroatoms. The van der Waals surface area contributed by atoms with Crippen molar-refractivity contribution >= 4 is 5.69 Å². The standard InChI is InChI=1S/C18H20F6N4O2/c1-9-6-4-3-5-7-16(2,18(22,23)24)15-28-27-14(30-15)12-11(25)8-10(17(19,20)21)13(26-12)29-9/h8-9H,3-7,25H2,1-2H3/t9-,16?/m1/s1. The molecule has 3 heterocycles. The number of aromatic nitrogens is 3. The van der Waals surface area contributed by atoms with Crippen molar-refractivity contribution in [2.75, 3.05) is 5.73 Å². The summed E-state index contributed by atoms with van der Waals surface area (Å²) in [5.74, 6) is -1.95. The number of ether oxygens (including phenoxy) is 1. The van der Waals surface area contributed by atoms with Crippen LogP contribution >= 0.6 is 0 Å². The van der Waals surface area contributed by atoms with E-state index in [1.807, 2.05) is 0 Å². The lowest BCUT2D eigenvalue weighted by molar-refractivity contribution is -0.194. The summed E-state index contributed by atoms with van der Waals surface area (Å²) >= 11 is 0. The van der Waals surface area contributed by atoms with E-state index < -0.39 is 52.8 Å². The third kappa shape index (κ3) is 4.17. The second-order valence-electron chi connectivity index (χ2n) is 7.55. The molecule has 3 rings (SSSR count). The van der Waals surface area contributed by atoms with Gasteiger partial charge in [-0.2, -0.15) is 26.3 Å². The number of pyridine rings is 1. The highest BCUT2D eigenvalue weighted by molar-refractivity contribution is 5.68. The van der Waals surface area contributed by atoms with Crippen molar-refractivity contribution < 1.29 is 35.5 Å². The zero-order chi connectivity index (χ0) is 22.3. The van der Waals surface area contributed by atoms with E-state index in [-0.39, 0.29) is 18.5 Å². The van der Waals surface area contributed by atoms with E-state index in [1.54, 1.807) is 6.92 Å². The Kier molecular flexibility index (Phi) is 5.63. The lowest BCUT2D eigenvalue weighted by atomic mass is 9.83. The van der Waals surface area contributed by atoms with Crippen LogP contribution in [-0.2, 0) is 11.6 Å². The minimum Gasteiger partial charge on any atom is -0.474 e. The van der Waals surface area contributed by atoms with Gasteiger partial charge in [-0.1, -0.05) is 12.8 Å². The van der Waals surface area contributed by atoms with Gasteiger partial charge < -0.3 is 14.9 Å². The molecule has 0 aromatic carbocycles. The van der Waals surface area contributed by atoms with Crippen molar-refractivity contribution in [1.29, 1.82) is 0 Å². The monoisotopic (exact) mass is 438 g/mol. The van der Waals surface area contributed by atoms with E-state index in [1.165, 1.54) is 0 Å². The van der Waals surface area contributed by atoms with Crippen LogP contribution in [0.25, 0.3) is 11.6 Å². The molecular weight excluding hydrogens is 418 g/mol. The Balaban J connectivity index is 2.17. The molecule has 0 fully saturated rings. The minimum absolute atomic E-state index is 0.208. The number of hydrogen-bond acceptors (Lipinski definition) is 6. The first kappa shape index (κ1) is 22.2. The van der Waals surface area contributed by atoms with Crippen LogP contribution in [0.4, 0.5) is 32.0 Å². The summed E-state index contributed by atoms with van der Waals surface area (Å²) in [5, 5.41) is 7.08. The fourth-order valence-corrected chi connectivity index (χ4v) is 3.22. The third-order valence-electron chi connectivity index (χ3n) is 5.15. The van der Waals surface area contributed by atoms with E-state index >= 15 is 0 Å². The maximum absolute atomic E-state index is 13.8. The molecule has 2 aromatic rings. The van der Waals surface area contributed by atoms with Gasteiger partial charge in [-0.05, 0) is 39.2 Å². The van der Waals surface area contributed by atoms with Crippen LogP contribution in [0.5, 0.6) is 5.88 Å². The average Bonchev–Trinajstić information content (AvgIpc) is 3.10. The van der Waals surface area contributed by atoms with Gasteiger partial charge in [0.15, 0.2) is 5.69 Å². The lowest BCUT2D eigenvalue weighted by Gasteiger charge is -2.28. The van der Waals surface area contributed by atoms with E-state index in [2.05, 4.69) is 15.2 Å². The number of halogens is 6. The maximum atomic E-state index is 13.8. The Morgan fingerprint density at radius 3 is 2.43 bits per heavy atom. The summed E-state index contributed by atoms with van der Waals surface area (Å²) in [5.41, 5.74) is 1.24. The average molecular weight is 438 g/mol.